The first kappa shape index (κ1) is 22.6. The summed E-state index contributed by atoms with van der Waals surface area (Å²) in [4.78, 5) is 37.3. The first-order valence-electron chi connectivity index (χ1n) is 9.86. The molecule has 0 aliphatic carbocycles. The summed E-state index contributed by atoms with van der Waals surface area (Å²) in [5.74, 6) is 0.168. The Morgan fingerprint density at radius 2 is 1.79 bits per heavy atom. The third-order valence-corrected chi connectivity index (χ3v) is 6.01. The van der Waals surface area contributed by atoms with Crippen LogP contribution in [0, 0.1) is 10.1 Å². The number of nitro benzene ring substituents is 1. The fourth-order valence-corrected chi connectivity index (χ4v) is 4.29. The standard InChI is InChI=1S/C24H17ClN2O5S/c25-19-6-3-4-17(12-19)14-26-23(28)22(33-24(26)29)13-16-8-10-20(11-9-16)32-15-18-5-1-2-7-21(18)27(30)31/h1-13H,14-15H2/b22-13-. The number of hydrogen-bond donors (Lipinski definition) is 0. The Hall–Kier alpha value is -3.62. The molecule has 166 valence electrons. The molecule has 0 atom stereocenters. The fourth-order valence-electron chi connectivity index (χ4n) is 3.24. The first-order chi connectivity index (χ1) is 15.9. The van der Waals surface area contributed by atoms with E-state index in [1.807, 2.05) is 6.07 Å². The molecule has 0 radical (unpaired) electrons. The number of ether oxygens (including phenoxy) is 1. The molecule has 1 aliphatic rings. The quantitative estimate of drug-likeness (QED) is 0.232. The highest BCUT2D eigenvalue weighted by Gasteiger charge is 2.35. The molecular formula is C24H17ClN2O5S. The lowest BCUT2D eigenvalue weighted by atomic mass is 10.2. The summed E-state index contributed by atoms with van der Waals surface area (Å²) >= 11 is 6.87. The number of thioether (sulfide) groups is 1. The molecule has 3 aromatic rings. The number of para-hydroxylation sites is 1. The average Bonchev–Trinajstić information content (AvgIpc) is 3.06. The van der Waals surface area contributed by atoms with Crippen LogP contribution in [0.15, 0.2) is 77.7 Å². The summed E-state index contributed by atoms with van der Waals surface area (Å²) in [5, 5.41) is 11.3. The molecule has 4 rings (SSSR count). The number of imide groups is 1. The number of carbonyl (C=O) groups excluding carboxylic acids is 2. The van der Waals surface area contributed by atoms with Crippen molar-refractivity contribution in [2.45, 2.75) is 13.2 Å². The number of carbonyl (C=O) groups is 2. The van der Waals surface area contributed by atoms with E-state index in [1.54, 1.807) is 66.7 Å². The van der Waals surface area contributed by atoms with Crippen molar-refractivity contribution < 1.29 is 19.2 Å². The van der Waals surface area contributed by atoms with Crippen molar-refractivity contribution in [1.29, 1.82) is 0 Å². The second-order valence-corrected chi connectivity index (χ2v) is 8.57. The number of benzene rings is 3. The van der Waals surface area contributed by atoms with Crippen molar-refractivity contribution in [3.05, 3.63) is 110 Å². The lowest BCUT2D eigenvalue weighted by Crippen LogP contribution is -2.27. The molecule has 1 saturated heterocycles. The Balaban J connectivity index is 1.42. The van der Waals surface area contributed by atoms with E-state index in [0.717, 1.165) is 22.9 Å². The zero-order chi connectivity index (χ0) is 23.4. The van der Waals surface area contributed by atoms with Crippen LogP contribution in [0.2, 0.25) is 5.02 Å². The molecule has 0 spiro atoms. The minimum absolute atomic E-state index is 0.00243. The topological polar surface area (TPSA) is 89.7 Å². The Morgan fingerprint density at radius 1 is 1.03 bits per heavy atom. The summed E-state index contributed by atoms with van der Waals surface area (Å²) in [6.45, 7) is 0.208. The number of nitrogens with zero attached hydrogens (tertiary/aromatic N) is 2. The van der Waals surface area contributed by atoms with Gasteiger partial charge in [0.2, 0.25) is 0 Å². The van der Waals surface area contributed by atoms with E-state index in [9.17, 15) is 19.7 Å². The molecular weight excluding hydrogens is 464 g/mol. The highest BCUT2D eigenvalue weighted by molar-refractivity contribution is 8.18. The highest BCUT2D eigenvalue weighted by Crippen LogP contribution is 2.33. The summed E-state index contributed by atoms with van der Waals surface area (Å²) < 4.78 is 5.67. The smallest absolute Gasteiger partial charge is 0.293 e. The lowest BCUT2D eigenvalue weighted by Gasteiger charge is -2.12. The van der Waals surface area contributed by atoms with Crippen molar-refractivity contribution in [2.24, 2.45) is 0 Å². The van der Waals surface area contributed by atoms with Crippen LogP contribution in [-0.2, 0) is 17.9 Å². The van der Waals surface area contributed by atoms with Gasteiger partial charge in [0.05, 0.1) is 21.9 Å². The van der Waals surface area contributed by atoms with E-state index < -0.39 is 4.92 Å². The van der Waals surface area contributed by atoms with Crippen LogP contribution < -0.4 is 4.74 Å². The number of hydrogen-bond acceptors (Lipinski definition) is 6. The largest absolute Gasteiger partial charge is 0.489 e. The van der Waals surface area contributed by atoms with Gasteiger partial charge >= 0.3 is 0 Å². The van der Waals surface area contributed by atoms with Crippen LogP contribution in [0.25, 0.3) is 6.08 Å². The van der Waals surface area contributed by atoms with Gasteiger partial charge in [-0.1, -0.05) is 48.0 Å². The molecule has 3 aromatic carbocycles. The maximum Gasteiger partial charge on any atom is 0.293 e. The van der Waals surface area contributed by atoms with Crippen molar-refractivity contribution in [3.63, 3.8) is 0 Å². The molecule has 1 aliphatic heterocycles. The second-order valence-electron chi connectivity index (χ2n) is 7.14. The predicted molar refractivity (Wildman–Crippen MR) is 127 cm³/mol. The second kappa shape index (κ2) is 9.89. The van der Waals surface area contributed by atoms with Crippen LogP contribution in [0.4, 0.5) is 10.5 Å². The summed E-state index contributed by atoms with van der Waals surface area (Å²) in [5.41, 5.74) is 1.97. The molecule has 0 N–H and O–H groups in total. The molecule has 2 amide bonds. The van der Waals surface area contributed by atoms with Crippen LogP contribution in [-0.4, -0.2) is 21.0 Å². The Bertz CT molecular complexity index is 1260. The van der Waals surface area contributed by atoms with E-state index >= 15 is 0 Å². The van der Waals surface area contributed by atoms with Gasteiger partial charge in [-0.3, -0.25) is 24.6 Å². The number of nitro groups is 1. The van der Waals surface area contributed by atoms with Gasteiger partial charge in [-0.2, -0.15) is 0 Å². The summed E-state index contributed by atoms with van der Waals surface area (Å²) in [6, 6.07) is 20.3. The summed E-state index contributed by atoms with van der Waals surface area (Å²) in [6.07, 6.45) is 1.65. The van der Waals surface area contributed by atoms with E-state index in [4.69, 9.17) is 16.3 Å². The Morgan fingerprint density at radius 3 is 2.52 bits per heavy atom. The van der Waals surface area contributed by atoms with Gasteiger partial charge in [-0.05, 0) is 59.3 Å². The normalized spacial score (nSPS) is 14.7. The molecule has 1 fully saturated rings. The third-order valence-electron chi connectivity index (χ3n) is 4.86. The van der Waals surface area contributed by atoms with Gasteiger partial charge in [0, 0.05) is 11.1 Å². The van der Waals surface area contributed by atoms with Gasteiger partial charge in [0.25, 0.3) is 16.8 Å². The zero-order valence-electron chi connectivity index (χ0n) is 17.1. The zero-order valence-corrected chi connectivity index (χ0v) is 18.7. The number of amides is 2. The van der Waals surface area contributed by atoms with Gasteiger partial charge in [0.15, 0.2) is 0 Å². The van der Waals surface area contributed by atoms with E-state index in [1.165, 1.54) is 11.0 Å². The molecule has 1 heterocycles. The molecule has 0 saturated carbocycles. The minimum atomic E-state index is -0.443. The van der Waals surface area contributed by atoms with Crippen molar-refractivity contribution in [1.82, 2.24) is 4.90 Å². The predicted octanol–water partition coefficient (Wildman–Crippen LogP) is 6.06. The van der Waals surface area contributed by atoms with Crippen molar-refractivity contribution in [2.75, 3.05) is 0 Å². The van der Waals surface area contributed by atoms with E-state index in [0.29, 0.717) is 21.2 Å². The molecule has 0 aromatic heterocycles. The minimum Gasteiger partial charge on any atom is -0.489 e. The van der Waals surface area contributed by atoms with Crippen LogP contribution in [0.5, 0.6) is 5.75 Å². The Kier molecular flexibility index (Phi) is 6.76. The maximum absolute atomic E-state index is 12.7. The van der Waals surface area contributed by atoms with E-state index in [-0.39, 0.29) is 30.0 Å². The average molecular weight is 481 g/mol. The SMILES string of the molecule is O=C1S/C(=C\c2ccc(OCc3ccccc3[N+](=O)[O-])cc2)C(=O)N1Cc1cccc(Cl)c1. The third kappa shape index (κ3) is 5.42. The first-order valence-corrected chi connectivity index (χ1v) is 11.0. The van der Waals surface area contributed by atoms with Crippen LogP contribution >= 0.6 is 23.4 Å². The lowest BCUT2D eigenvalue weighted by molar-refractivity contribution is -0.385. The van der Waals surface area contributed by atoms with Crippen LogP contribution in [0.3, 0.4) is 0 Å². The van der Waals surface area contributed by atoms with Crippen molar-refractivity contribution in [3.8, 4) is 5.75 Å². The van der Waals surface area contributed by atoms with Gasteiger partial charge in [-0.15, -0.1) is 0 Å². The van der Waals surface area contributed by atoms with Crippen LogP contribution in [0.1, 0.15) is 16.7 Å². The number of rotatable bonds is 7. The Labute approximate surface area is 198 Å². The summed E-state index contributed by atoms with van der Waals surface area (Å²) in [7, 11) is 0. The van der Waals surface area contributed by atoms with Gasteiger partial charge < -0.3 is 4.74 Å². The fraction of sp³-hybridized carbons (Fsp3) is 0.0833. The van der Waals surface area contributed by atoms with Crippen molar-refractivity contribution >= 4 is 46.3 Å². The molecule has 0 unspecified atom stereocenters. The van der Waals surface area contributed by atoms with E-state index in [2.05, 4.69) is 0 Å². The number of halogens is 1. The highest BCUT2D eigenvalue weighted by atomic mass is 35.5. The molecule has 33 heavy (non-hydrogen) atoms. The molecule has 7 nitrogen and oxygen atoms in total. The maximum atomic E-state index is 12.7. The van der Waals surface area contributed by atoms with Gasteiger partial charge in [0.1, 0.15) is 12.4 Å². The molecule has 0 bridgehead atoms. The molecule has 9 heteroatoms. The van der Waals surface area contributed by atoms with Gasteiger partial charge in [-0.25, -0.2) is 0 Å². The monoisotopic (exact) mass is 480 g/mol.